The number of likely N-dealkylation sites (N-methyl/N-ethyl adjacent to an activating group) is 1. The third-order valence-corrected chi connectivity index (χ3v) is 3.02. The van der Waals surface area contributed by atoms with Crippen molar-refractivity contribution in [1.82, 2.24) is 0 Å². The van der Waals surface area contributed by atoms with E-state index in [1.807, 2.05) is 18.9 Å². The number of amides is 1. The van der Waals surface area contributed by atoms with Crippen LogP contribution in [0.2, 0.25) is 0 Å². The first-order valence-corrected chi connectivity index (χ1v) is 5.30. The monoisotopic (exact) mass is 234 g/mol. The number of nitrogens with zero attached hydrogens (tertiary/aromatic N) is 1. The Morgan fingerprint density at radius 3 is 2.82 bits per heavy atom. The number of hydrogen-bond donors (Lipinski definition) is 1. The molecule has 17 heavy (non-hydrogen) atoms. The second kappa shape index (κ2) is 4.08. The first-order valence-electron chi connectivity index (χ1n) is 5.30. The molecule has 1 heterocycles. The maximum Gasteiger partial charge on any atom is 0.337 e. The summed E-state index contributed by atoms with van der Waals surface area (Å²) in [4.78, 5) is 24.9. The fraction of sp³-hybridized carbons (Fsp3) is 0.333. The van der Waals surface area contributed by atoms with Gasteiger partial charge in [-0.15, -0.1) is 0 Å². The van der Waals surface area contributed by atoms with Gasteiger partial charge in [-0.25, -0.2) is 4.79 Å². The lowest BCUT2D eigenvalue weighted by Gasteiger charge is -2.33. The zero-order chi connectivity index (χ0) is 12.6. The molecule has 1 aliphatic heterocycles. The van der Waals surface area contributed by atoms with Gasteiger partial charge in [0.25, 0.3) is 0 Å². The smallest absolute Gasteiger partial charge is 0.337 e. The molecule has 1 unspecified atom stereocenters. The van der Waals surface area contributed by atoms with E-state index in [4.69, 9.17) is 0 Å². The van der Waals surface area contributed by atoms with E-state index in [-0.39, 0.29) is 11.9 Å². The zero-order valence-corrected chi connectivity index (χ0v) is 9.98. The number of methoxy groups -OCH3 is 1. The number of ether oxygens (including phenoxy) is 1. The lowest BCUT2D eigenvalue weighted by atomic mass is 10.1. The Hall–Kier alpha value is -2.04. The summed E-state index contributed by atoms with van der Waals surface area (Å²) >= 11 is 0. The van der Waals surface area contributed by atoms with Crippen molar-refractivity contribution in [3.05, 3.63) is 23.8 Å². The molecule has 5 nitrogen and oxygen atoms in total. The predicted molar refractivity (Wildman–Crippen MR) is 64.3 cm³/mol. The Labute approximate surface area is 99.4 Å². The molecule has 0 bridgehead atoms. The van der Waals surface area contributed by atoms with Crippen LogP contribution in [0.5, 0.6) is 0 Å². The molecule has 0 radical (unpaired) electrons. The summed E-state index contributed by atoms with van der Waals surface area (Å²) in [7, 11) is 3.18. The van der Waals surface area contributed by atoms with E-state index in [0.717, 1.165) is 5.69 Å². The molecule has 90 valence electrons. The minimum absolute atomic E-state index is 0.0815. The molecule has 0 aromatic heterocycles. The van der Waals surface area contributed by atoms with Crippen LogP contribution < -0.4 is 10.2 Å². The van der Waals surface area contributed by atoms with E-state index >= 15 is 0 Å². The first kappa shape index (κ1) is 11.4. The third kappa shape index (κ3) is 1.84. The molecule has 0 saturated carbocycles. The van der Waals surface area contributed by atoms with E-state index in [9.17, 15) is 9.59 Å². The highest BCUT2D eigenvalue weighted by Crippen LogP contribution is 2.31. The van der Waals surface area contributed by atoms with Gasteiger partial charge < -0.3 is 15.0 Å². The summed E-state index contributed by atoms with van der Waals surface area (Å²) < 4.78 is 4.64. The van der Waals surface area contributed by atoms with Crippen LogP contribution in [0.15, 0.2) is 18.2 Å². The number of rotatable bonds is 1. The lowest BCUT2D eigenvalue weighted by Crippen LogP contribution is -2.43. The molecule has 0 saturated heterocycles. The van der Waals surface area contributed by atoms with Crippen molar-refractivity contribution >= 4 is 23.3 Å². The third-order valence-electron chi connectivity index (χ3n) is 3.02. The topological polar surface area (TPSA) is 58.6 Å². The van der Waals surface area contributed by atoms with Crippen LogP contribution in [0.4, 0.5) is 11.4 Å². The van der Waals surface area contributed by atoms with Crippen molar-refractivity contribution in [1.29, 1.82) is 0 Å². The molecule has 0 fully saturated rings. The summed E-state index contributed by atoms with van der Waals surface area (Å²) in [5.41, 5.74) is 1.96. The van der Waals surface area contributed by atoms with Crippen molar-refractivity contribution in [2.45, 2.75) is 13.0 Å². The molecule has 1 atom stereocenters. The number of benzene rings is 1. The molecule has 1 aromatic carbocycles. The molecular weight excluding hydrogens is 220 g/mol. The SMILES string of the molecule is COC(=O)c1ccc2c(c1)NC(=O)C(C)N2C. The molecule has 1 N–H and O–H groups in total. The second-order valence-corrected chi connectivity index (χ2v) is 4.00. The maximum absolute atomic E-state index is 11.6. The van der Waals surface area contributed by atoms with Crippen molar-refractivity contribution in [3.8, 4) is 0 Å². The van der Waals surface area contributed by atoms with Crippen LogP contribution in [-0.4, -0.2) is 32.1 Å². The largest absolute Gasteiger partial charge is 0.465 e. The highest BCUT2D eigenvalue weighted by Gasteiger charge is 2.27. The van der Waals surface area contributed by atoms with E-state index in [1.54, 1.807) is 18.2 Å². The number of carbonyl (C=O) groups excluding carboxylic acids is 2. The Balaban J connectivity index is 2.44. The summed E-state index contributed by atoms with van der Waals surface area (Å²) in [5.74, 6) is -0.495. The number of carbonyl (C=O) groups is 2. The Bertz CT molecular complexity index is 485. The molecule has 2 rings (SSSR count). The van der Waals surface area contributed by atoms with Crippen molar-refractivity contribution in [2.24, 2.45) is 0 Å². The van der Waals surface area contributed by atoms with E-state index in [1.165, 1.54) is 7.11 Å². The Morgan fingerprint density at radius 2 is 2.18 bits per heavy atom. The number of nitrogens with one attached hydrogen (secondary N) is 1. The summed E-state index contributed by atoms with van der Waals surface area (Å²) in [5, 5.41) is 2.77. The molecule has 1 aromatic rings. The lowest BCUT2D eigenvalue weighted by molar-refractivity contribution is -0.117. The maximum atomic E-state index is 11.6. The van der Waals surface area contributed by atoms with Crippen LogP contribution in [-0.2, 0) is 9.53 Å². The fourth-order valence-electron chi connectivity index (χ4n) is 1.81. The van der Waals surface area contributed by atoms with Gasteiger partial charge in [-0.2, -0.15) is 0 Å². The average molecular weight is 234 g/mol. The van der Waals surface area contributed by atoms with Gasteiger partial charge in [0.05, 0.1) is 24.0 Å². The normalized spacial score (nSPS) is 18.4. The Morgan fingerprint density at radius 1 is 1.47 bits per heavy atom. The van der Waals surface area contributed by atoms with E-state index < -0.39 is 5.97 Å². The number of hydrogen-bond acceptors (Lipinski definition) is 4. The first-order chi connectivity index (χ1) is 8.04. The number of fused-ring (bicyclic) bond motifs is 1. The molecular formula is C12H14N2O3. The van der Waals surface area contributed by atoms with Gasteiger partial charge in [0, 0.05) is 7.05 Å². The van der Waals surface area contributed by atoms with E-state index in [0.29, 0.717) is 11.3 Å². The van der Waals surface area contributed by atoms with Crippen LogP contribution in [0.3, 0.4) is 0 Å². The average Bonchev–Trinajstić information content (AvgIpc) is 2.34. The van der Waals surface area contributed by atoms with Gasteiger partial charge in [0.15, 0.2) is 0 Å². The van der Waals surface area contributed by atoms with Gasteiger partial charge in [-0.1, -0.05) is 0 Å². The Kier molecular flexibility index (Phi) is 2.75. The summed E-state index contributed by atoms with van der Waals surface area (Å²) in [6.07, 6.45) is 0. The molecule has 1 amide bonds. The van der Waals surface area contributed by atoms with E-state index in [2.05, 4.69) is 10.1 Å². The fourth-order valence-corrected chi connectivity index (χ4v) is 1.81. The van der Waals surface area contributed by atoms with Crippen LogP contribution in [0.25, 0.3) is 0 Å². The summed E-state index contributed by atoms with van der Waals surface area (Å²) in [6, 6.07) is 4.90. The van der Waals surface area contributed by atoms with Gasteiger partial charge in [-0.05, 0) is 25.1 Å². The van der Waals surface area contributed by atoms with Crippen molar-refractivity contribution in [3.63, 3.8) is 0 Å². The van der Waals surface area contributed by atoms with Crippen molar-refractivity contribution in [2.75, 3.05) is 24.4 Å². The predicted octanol–water partition coefficient (Wildman–Crippen LogP) is 1.25. The van der Waals surface area contributed by atoms with Crippen LogP contribution >= 0.6 is 0 Å². The second-order valence-electron chi connectivity index (χ2n) is 4.00. The molecule has 0 spiro atoms. The number of esters is 1. The highest BCUT2D eigenvalue weighted by molar-refractivity contribution is 6.04. The van der Waals surface area contributed by atoms with Crippen molar-refractivity contribution < 1.29 is 14.3 Å². The van der Waals surface area contributed by atoms with Gasteiger partial charge in [-0.3, -0.25) is 4.79 Å². The van der Waals surface area contributed by atoms with Gasteiger partial charge in [0.1, 0.15) is 6.04 Å². The minimum Gasteiger partial charge on any atom is -0.465 e. The zero-order valence-electron chi connectivity index (χ0n) is 9.98. The van der Waals surface area contributed by atoms with Gasteiger partial charge >= 0.3 is 5.97 Å². The minimum atomic E-state index is -0.414. The standard InChI is InChI=1S/C12H14N2O3/c1-7-11(15)13-9-6-8(12(16)17-3)4-5-10(9)14(7)2/h4-7H,1-3H3,(H,13,15). The highest BCUT2D eigenvalue weighted by atomic mass is 16.5. The quantitative estimate of drug-likeness (QED) is 0.743. The molecule has 5 heteroatoms. The number of anilines is 2. The molecule has 0 aliphatic carbocycles. The van der Waals surface area contributed by atoms with Crippen LogP contribution in [0, 0.1) is 0 Å². The van der Waals surface area contributed by atoms with Crippen LogP contribution in [0.1, 0.15) is 17.3 Å². The van der Waals surface area contributed by atoms with Gasteiger partial charge in [0.2, 0.25) is 5.91 Å². The molecule has 1 aliphatic rings. The summed E-state index contributed by atoms with van der Waals surface area (Å²) in [6.45, 7) is 1.83.